The van der Waals surface area contributed by atoms with Crippen molar-refractivity contribution in [1.82, 2.24) is 5.32 Å². The van der Waals surface area contributed by atoms with Crippen LogP contribution in [0.15, 0.2) is 12.1 Å². The summed E-state index contributed by atoms with van der Waals surface area (Å²) in [6, 6.07) is 3.52. The Balaban J connectivity index is 1.84. The molecule has 2 atom stereocenters. The molecule has 1 fully saturated rings. The Hall–Kier alpha value is -0.0600. The molecule has 88 valence electrons. The number of amides is 1. The van der Waals surface area contributed by atoms with E-state index in [9.17, 15) is 4.79 Å². The average Bonchev–Trinajstić information content (AvgIpc) is 2.84. The Kier molecular flexibility index (Phi) is 4.27. The molecule has 1 saturated carbocycles. The van der Waals surface area contributed by atoms with Crippen molar-refractivity contribution in [3.8, 4) is 0 Å². The lowest BCUT2D eigenvalue weighted by molar-refractivity contribution is 0.0952. The zero-order chi connectivity index (χ0) is 11.5. The first-order valence-corrected chi connectivity index (χ1v) is 7.45. The topological polar surface area (TPSA) is 29.1 Å². The molecule has 1 heterocycles. The fraction of sp³-hybridized carbons (Fsp3) is 0.545. The van der Waals surface area contributed by atoms with Crippen LogP contribution in [0.5, 0.6) is 0 Å². The van der Waals surface area contributed by atoms with Crippen molar-refractivity contribution in [2.75, 3.05) is 6.54 Å². The van der Waals surface area contributed by atoms with Crippen LogP contribution in [0.25, 0.3) is 0 Å². The molecule has 2 unspecified atom stereocenters. The first-order valence-electron chi connectivity index (χ1n) is 5.34. The van der Waals surface area contributed by atoms with Crippen molar-refractivity contribution in [2.45, 2.75) is 24.1 Å². The molecule has 2 nitrogen and oxygen atoms in total. The Morgan fingerprint density at radius 3 is 2.94 bits per heavy atom. The van der Waals surface area contributed by atoms with E-state index in [1.807, 2.05) is 0 Å². The lowest BCUT2D eigenvalue weighted by Gasteiger charge is -2.14. The zero-order valence-corrected chi connectivity index (χ0v) is 11.9. The molecule has 5 heteroatoms. The number of alkyl halides is 1. The van der Waals surface area contributed by atoms with E-state index in [1.165, 1.54) is 30.6 Å². The van der Waals surface area contributed by atoms with Gasteiger partial charge in [0, 0.05) is 11.4 Å². The molecular weight excluding hydrogens is 310 g/mol. The summed E-state index contributed by atoms with van der Waals surface area (Å²) >= 11 is 10.8. The molecule has 1 amide bonds. The second-order valence-electron chi connectivity index (χ2n) is 4.02. The molecule has 1 aromatic heterocycles. The Morgan fingerprint density at radius 1 is 1.56 bits per heavy atom. The van der Waals surface area contributed by atoms with Crippen molar-refractivity contribution in [2.24, 2.45) is 5.92 Å². The van der Waals surface area contributed by atoms with E-state index in [2.05, 4.69) is 21.2 Å². The number of thiophene rings is 1. The van der Waals surface area contributed by atoms with Gasteiger partial charge in [0.1, 0.15) is 0 Å². The number of nitrogens with one attached hydrogen (secondary N) is 1. The van der Waals surface area contributed by atoms with Crippen LogP contribution in [0.3, 0.4) is 0 Å². The van der Waals surface area contributed by atoms with Crippen molar-refractivity contribution in [3.05, 3.63) is 21.3 Å². The summed E-state index contributed by atoms with van der Waals surface area (Å²) in [6.07, 6.45) is 3.66. The molecule has 2 rings (SSSR count). The molecule has 16 heavy (non-hydrogen) atoms. The lowest BCUT2D eigenvalue weighted by Crippen LogP contribution is -2.30. The predicted molar refractivity (Wildman–Crippen MR) is 71.7 cm³/mol. The summed E-state index contributed by atoms with van der Waals surface area (Å²) in [4.78, 5) is 13.0. The van der Waals surface area contributed by atoms with Gasteiger partial charge in [0.15, 0.2) is 0 Å². The van der Waals surface area contributed by atoms with Crippen LogP contribution in [0, 0.1) is 5.92 Å². The van der Waals surface area contributed by atoms with Gasteiger partial charge in [-0.1, -0.05) is 34.0 Å². The Labute approximate surface area is 113 Å². The maximum atomic E-state index is 11.7. The number of rotatable bonds is 3. The minimum atomic E-state index is -0.0106. The van der Waals surface area contributed by atoms with Crippen molar-refractivity contribution < 1.29 is 4.79 Å². The molecular formula is C11H13BrClNOS. The highest BCUT2D eigenvalue weighted by Crippen LogP contribution is 2.31. The summed E-state index contributed by atoms with van der Waals surface area (Å²) in [5.74, 6) is 0.558. The molecule has 0 aliphatic heterocycles. The van der Waals surface area contributed by atoms with Gasteiger partial charge in [0.05, 0.1) is 9.21 Å². The van der Waals surface area contributed by atoms with Gasteiger partial charge in [-0.3, -0.25) is 4.79 Å². The highest BCUT2D eigenvalue weighted by Gasteiger charge is 2.25. The maximum Gasteiger partial charge on any atom is 0.261 e. The van der Waals surface area contributed by atoms with E-state index in [4.69, 9.17) is 11.6 Å². The second kappa shape index (κ2) is 5.52. The molecule has 1 aromatic rings. The fourth-order valence-electron chi connectivity index (χ4n) is 1.97. The summed E-state index contributed by atoms with van der Waals surface area (Å²) in [5.41, 5.74) is 0. The van der Waals surface area contributed by atoms with Gasteiger partial charge in [-0.2, -0.15) is 0 Å². The first-order chi connectivity index (χ1) is 7.66. The largest absolute Gasteiger partial charge is 0.351 e. The van der Waals surface area contributed by atoms with Crippen LogP contribution in [0.1, 0.15) is 28.9 Å². The second-order valence-corrected chi connectivity index (χ2v) is 6.91. The van der Waals surface area contributed by atoms with Crippen LogP contribution < -0.4 is 5.32 Å². The van der Waals surface area contributed by atoms with E-state index in [1.54, 1.807) is 12.1 Å². The van der Waals surface area contributed by atoms with Gasteiger partial charge in [-0.25, -0.2) is 0 Å². The van der Waals surface area contributed by atoms with Gasteiger partial charge in [-0.15, -0.1) is 11.3 Å². The molecule has 1 aliphatic carbocycles. The van der Waals surface area contributed by atoms with Gasteiger partial charge in [0.2, 0.25) is 0 Å². The smallest absolute Gasteiger partial charge is 0.261 e. The number of halogens is 2. The molecule has 0 aromatic carbocycles. The summed E-state index contributed by atoms with van der Waals surface area (Å²) < 4.78 is 0.657. The van der Waals surface area contributed by atoms with Gasteiger partial charge < -0.3 is 5.32 Å². The minimum absolute atomic E-state index is 0.0106. The molecule has 0 radical (unpaired) electrons. The monoisotopic (exact) mass is 321 g/mol. The van der Waals surface area contributed by atoms with E-state index in [0.717, 1.165) is 6.54 Å². The molecule has 1 N–H and O–H groups in total. The predicted octanol–water partition coefficient (Wildman–Crippen LogP) is 3.69. The number of hydrogen-bond acceptors (Lipinski definition) is 2. The minimum Gasteiger partial charge on any atom is -0.351 e. The maximum absolute atomic E-state index is 11.7. The standard InChI is InChI=1S/C11H13BrClNOS/c12-8-3-1-2-7(8)6-14-11(15)9-4-5-10(13)16-9/h4-5,7-8H,1-3,6H2,(H,14,15). The Bertz CT molecular complexity index is 382. The number of carbonyl (C=O) groups is 1. The van der Waals surface area contributed by atoms with E-state index < -0.39 is 0 Å². The average molecular weight is 323 g/mol. The first kappa shape index (κ1) is 12.4. The van der Waals surface area contributed by atoms with Crippen LogP contribution in [-0.2, 0) is 0 Å². The molecule has 1 aliphatic rings. The van der Waals surface area contributed by atoms with Gasteiger partial charge >= 0.3 is 0 Å². The van der Waals surface area contributed by atoms with E-state index in [-0.39, 0.29) is 5.91 Å². The van der Waals surface area contributed by atoms with Crippen LogP contribution in [0.2, 0.25) is 4.34 Å². The van der Waals surface area contributed by atoms with E-state index >= 15 is 0 Å². The lowest BCUT2D eigenvalue weighted by atomic mass is 10.1. The van der Waals surface area contributed by atoms with Gasteiger partial charge in [-0.05, 0) is 30.9 Å². The molecule has 0 saturated heterocycles. The summed E-state index contributed by atoms with van der Waals surface area (Å²) in [5, 5.41) is 2.97. The quantitative estimate of drug-likeness (QED) is 0.845. The van der Waals surface area contributed by atoms with Crippen LogP contribution in [0.4, 0.5) is 0 Å². The highest BCUT2D eigenvalue weighted by atomic mass is 79.9. The summed E-state index contributed by atoms with van der Waals surface area (Å²) in [7, 11) is 0. The SMILES string of the molecule is O=C(NCC1CCCC1Br)c1ccc(Cl)s1. The Morgan fingerprint density at radius 2 is 2.38 bits per heavy atom. The third-order valence-corrected chi connectivity index (χ3v) is 5.32. The fourth-order valence-corrected chi connectivity index (χ4v) is 3.70. The molecule has 0 spiro atoms. The number of carbonyl (C=O) groups excluding carboxylic acids is 1. The normalized spacial score (nSPS) is 24.6. The van der Waals surface area contributed by atoms with Crippen molar-refractivity contribution >= 4 is 44.8 Å². The van der Waals surface area contributed by atoms with Crippen LogP contribution in [-0.4, -0.2) is 17.3 Å². The van der Waals surface area contributed by atoms with Crippen molar-refractivity contribution in [1.29, 1.82) is 0 Å². The highest BCUT2D eigenvalue weighted by molar-refractivity contribution is 9.09. The van der Waals surface area contributed by atoms with E-state index in [0.29, 0.717) is 20.0 Å². The van der Waals surface area contributed by atoms with Gasteiger partial charge in [0.25, 0.3) is 5.91 Å². The third-order valence-electron chi connectivity index (χ3n) is 2.89. The third kappa shape index (κ3) is 2.99. The summed E-state index contributed by atoms with van der Waals surface area (Å²) in [6.45, 7) is 0.754. The van der Waals surface area contributed by atoms with Crippen LogP contribution >= 0.6 is 38.9 Å². The molecule has 0 bridgehead atoms. The van der Waals surface area contributed by atoms with Crippen molar-refractivity contribution in [3.63, 3.8) is 0 Å². The number of hydrogen-bond donors (Lipinski definition) is 1. The zero-order valence-electron chi connectivity index (χ0n) is 8.71.